The lowest BCUT2D eigenvalue weighted by Crippen LogP contribution is -2.44. The molecule has 4 nitrogen and oxygen atoms in total. The van der Waals surface area contributed by atoms with Crippen molar-refractivity contribution in [2.45, 2.75) is 31.9 Å². The highest BCUT2D eigenvalue weighted by Crippen LogP contribution is 2.33. The van der Waals surface area contributed by atoms with Crippen LogP contribution in [0.3, 0.4) is 0 Å². The van der Waals surface area contributed by atoms with Gasteiger partial charge in [0.15, 0.2) is 0 Å². The monoisotopic (exact) mass is 354 g/mol. The highest BCUT2D eigenvalue weighted by molar-refractivity contribution is 5.96. The quantitative estimate of drug-likeness (QED) is 0.818. The van der Waals surface area contributed by atoms with E-state index in [1.54, 1.807) is 0 Å². The van der Waals surface area contributed by atoms with Crippen molar-refractivity contribution in [3.8, 4) is 0 Å². The summed E-state index contributed by atoms with van der Waals surface area (Å²) < 4.78 is 39.3. The highest BCUT2D eigenvalue weighted by atomic mass is 19.4. The second-order valence-electron chi connectivity index (χ2n) is 6.64. The van der Waals surface area contributed by atoms with Gasteiger partial charge in [-0.25, -0.2) is 0 Å². The van der Waals surface area contributed by atoms with Gasteiger partial charge in [-0.15, -0.1) is 0 Å². The minimum absolute atomic E-state index is 0.125. The number of carbonyl (C=O) groups is 2. The standard InChI is InChI=1S/C18H21F3N2O2/c19-18(20,21)15-6-2-1-5-14(15)17(25)23-11-7-13(8-12-23)16(24)22-9-3-4-10-22/h1-2,5-6,13H,3-4,7-12H2. The summed E-state index contributed by atoms with van der Waals surface area (Å²) in [6.45, 7) is 2.21. The Morgan fingerprint density at radius 2 is 1.52 bits per heavy atom. The smallest absolute Gasteiger partial charge is 0.342 e. The van der Waals surface area contributed by atoms with Crippen LogP contribution in [0.2, 0.25) is 0 Å². The van der Waals surface area contributed by atoms with E-state index in [4.69, 9.17) is 0 Å². The highest BCUT2D eigenvalue weighted by Gasteiger charge is 2.37. The molecule has 2 amide bonds. The lowest BCUT2D eigenvalue weighted by Gasteiger charge is -2.33. The molecule has 0 radical (unpaired) electrons. The number of piperidine rings is 1. The molecule has 0 aromatic heterocycles. The van der Waals surface area contributed by atoms with Gasteiger partial charge in [0.25, 0.3) is 5.91 Å². The number of hydrogen-bond donors (Lipinski definition) is 0. The Hall–Kier alpha value is -2.05. The fraction of sp³-hybridized carbons (Fsp3) is 0.556. The number of amides is 2. The topological polar surface area (TPSA) is 40.6 Å². The van der Waals surface area contributed by atoms with Crippen LogP contribution in [0.4, 0.5) is 13.2 Å². The minimum Gasteiger partial charge on any atom is -0.342 e. The van der Waals surface area contributed by atoms with E-state index in [1.165, 1.54) is 23.1 Å². The van der Waals surface area contributed by atoms with Crippen LogP contribution in [0, 0.1) is 5.92 Å². The predicted octanol–water partition coefficient (Wildman–Crippen LogP) is 3.18. The lowest BCUT2D eigenvalue weighted by molar-refractivity contribution is -0.138. The van der Waals surface area contributed by atoms with Crippen LogP contribution >= 0.6 is 0 Å². The maximum absolute atomic E-state index is 13.1. The average molecular weight is 354 g/mol. The number of carbonyl (C=O) groups excluding carboxylic acids is 2. The van der Waals surface area contributed by atoms with E-state index < -0.39 is 17.6 Å². The third kappa shape index (κ3) is 3.80. The van der Waals surface area contributed by atoms with Crippen molar-refractivity contribution >= 4 is 11.8 Å². The second-order valence-corrected chi connectivity index (χ2v) is 6.64. The first-order valence-electron chi connectivity index (χ1n) is 8.62. The van der Waals surface area contributed by atoms with Gasteiger partial charge in [-0.2, -0.15) is 13.2 Å². The van der Waals surface area contributed by atoms with E-state index in [0.29, 0.717) is 25.9 Å². The molecule has 3 rings (SSSR count). The molecule has 0 atom stereocenters. The Morgan fingerprint density at radius 3 is 2.12 bits per heavy atom. The van der Waals surface area contributed by atoms with Crippen molar-refractivity contribution in [1.29, 1.82) is 0 Å². The van der Waals surface area contributed by atoms with E-state index in [1.807, 2.05) is 4.90 Å². The molecule has 1 aromatic carbocycles. The zero-order valence-electron chi connectivity index (χ0n) is 13.9. The SMILES string of the molecule is O=C(c1ccccc1C(F)(F)F)N1CCC(C(=O)N2CCCC2)CC1. The molecule has 0 aliphatic carbocycles. The lowest BCUT2D eigenvalue weighted by atomic mass is 9.94. The van der Waals surface area contributed by atoms with Crippen molar-refractivity contribution in [2.24, 2.45) is 5.92 Å². The van der Waals surface area contributed by atoms with Gasteiger partial charge >= 0.3 is 6.18 Å². The van der Waals surface area contributed by atoms with Crippen molar-refractivity contribution in [3.05, 3.63) is 35.4 Å². The second kappa shape index (κ2) is 7.06. The van der Waals surface area contributed by atoms with Crippen LogP contribution in [0.15, 0.2) is 24.3 Å². The molecule has 2 aliphatic heterocycles. The van der Waals surface area contributed by atoms with E-state index in [9.17, 15) is 22.8 Å². The van der Waals surface area contributed by atoms with Gasteiger partial charge in [-0.3, -0.25) is 9.59 Å². The van der Waals surface area contributed by atoms with Gasteiger partial charge in [-0.05, 0) is 37.8 Å². The summed E-state index contributed by atoms with van der Waals surface area (Å²) in [5.74, 6) is -0.611. The van der Waals surface area contributed by atoms with Gasteiger partial charge in [0.1, 0.15) is 0 Å². The first kappa shape index (κ1) is 17.8. The summed E-state index contributed by atoms with van der Waals surface area (Å²) in [7, 11) is 0. The summed E-state index contributed by atoms with van der Waals surface area (Å²) in [6.07, 6.45) is -1.49. The van der Waals surface area contributed by atoms with Gasteiger partial charge in [0, 0.05) is 32.1 Å². The number of hydrogen-bond acceptors (Lipinski definition) is 2. The summed E-state index contributed by atoms with van der Waals surface area (Å²) in [5.41, 5.74) is -1.23. The third-order valence-corrected chi connectivity index (χ3v) is 5.01. The molecule has 0 bridgehead atoms. The number of alkyl halides is 3. The molecular weight excluding hydrogens is 333 g/mol. The van der Waals surface area contributed by atoms with Crippen molar-refractivity contribution < 1.29 is 22.8 Å². The van der Waals surface area contributed by atoms with Gasteiger partial charge in [0.05, 0.1) is 11.1 Å². The molecule has 1 aromatic rings. The van der Waals surface area contributed by atoms with Crippen molar-refractivity contribution in [2.75, 3.05) is 26.2 Å². The minimum atomic E-state index is -4.56. The molecule has 0 spiro atoms. The average Bonchev–Trinajstić information content (AvgIpc) is 3.14. The van der Waals surface area contributed by atoms with E-state index in [0.717, 1.165) is 32.0 Å². The van der Waals surface area contributed by atoms with E-state index in [2.05, 4.69) is 0 Å². The molecule has 0 unspecified atom stereocenters. The molecule has 0 N–H and O–H groups in total. The van der Waals surface area contributed by atoms with Crippen molar-refractivity contribution in [3.63, 3.8) is 0 Å². The maximum atomic E-state index is 13.1. The number of benzene rings is 1. The molecule has 7 heteroatoms. The Morgan fingerprint density at radius 1 is 0.920 bits per heavy atom. The molecule has 25 heavy (non-hydrogen) atoms. The maximum Gasteiger partial charge on any atom is 0.417 e. The van der Waals surface area contributed by atoms with Crippen LogP contribution in [-0.2, 0) is 11.0 Å². The van der Waals surface area contributed by atoms with Crippen LogP contribution in [0.5, 0.6) is 0 Å². The van der Waals surface area contributed by atoms with Crippen LogP contribution in [0.1, 0.15) is 41.6 Å². The van der Waals surface area contributed by atoms with Crippen LogP contribution in [-0.4, -0.2) is 47.8 Å². The summed E-state index contributed by atoms with van der Waals surface area (Å²) in [5, 5.41) is 0. The molecule has 2 saturated heterocycles. The fourth-order valence-electron chi connectivity index (χ4n) is 3.61. The number of likely N-dealkylation sites (tertiary alicyclic amines) is 2. The van der Waals surface area contributed by atoms with Gasteiger partial charge in [0.2, 0.25) is 5.91 Å². The Kier molecular flexibility index (Phi) is 5.01. The molecule has 2 aliphatic rings. The predicted molar refractivity (Wildman–Crippen MR) is 85.9 cm³/mol. The van der Waals surface area contributed by atoms with Crippen LogP contribution in [0.25, 0.3) is 0 Å². The molecule has 2 heterocycles. The third-order valence-electron chi connectivity index (χ3n) is 5.01. The van der Waals surface area contributed by atoms with E-state index in [-0.39, 0.29) is 17.4 Å². The largest absolute Gasteiger partial charge is 0.417 e. The zero-order chi connectivity index (χ0) is 18.0. The zero-order valence-corrected chi connectivity index (χ0v) is 13.9. The van der Waals surface area contributed by atoms with E-state index >= 15 is 0 Å². The summed E-state index contributed by atoms with van der Waals surface area (Å²) >= 11 is 0. The van der Waals surface area contributed by atoms with Crippen LogP contribution < -0.4 is 0 Å². The normalized spacial score (nSPS) is 19.3. The Bertz CT molecular complexity index is 646. The fourth-order valence-corrected chi connectivity index (χ4v) is 3.61. The Labute approximate surface area is 144 Å². The molecular formula is C18H21F3N2O2. The molecule has 2 fully saturated rings. The summed E-state index contributed by atoms with van der Waals surface area (Å²) in [4.78, 5) is 28.2. The molecule has 136 valence electrons. The Balaban J connectivity index is 1.65. The number of halogens is 3. The molecule has 0 saturated carbocycles. The summed E-state index contributed by atoms with van der Waals surface area (Å²) in [6, 6.07) is 4.86. The number of rotatable bonds is 2. The number of nitrogens with zero attached hydrogens (tertiary/aromatic N) is 2. The van der Waals surface area contributed by atoms with Crippen molar-refractivity contribution in [1.82, 2.24) is 9.80 Å². The first-order valence-corrected chi connectivity index (χ1v) is 8.62. The van der Waals surface area contributed by atoms with Gasteiger partial charge < -0.3 is 9.80 Å². The van der Waals surface area contributed by atoms with Gasteiger partial charge in [-0.1, -0.05) is 12.1 Å². The first-order chi connectivity index (χ1) is 11.9.